The van der Waals surface area contributed by atoms with Gasteiger partial charge in [0.25, 0.3) is 0 Å². The van der Waals surface area contributed by atoms with Gasteiger partial charge in [0.1, 0.15) is 0 Å². The Balaban J connectivity index is -0.0000000600. The van der Waals surface area contributed by atoms with E-state index >= 15 is 0 Å². The Labute approximate surface area is 95.4 Å². The predicted octanol–water partition coefficient (Wildman–Crippen LogP) is 2.95. The van der Waals surface area contributed by atoms with Gasteiger partial charge in [0.2, 0.25) is 0 Å². The molecule has 0 aromatic carbocycles. The maximum absolute atomic E-state index is 4.88. The van der Waals surface area contributed by atoms with E-state index in [1.54, 1.807) is 0 Å². The molecule has 0 unspecified atom stereocenters. The first-order valence-electron chi connectivity index (χ1n) is 1.87. The SMILES string of the molecule is C[Te+]C.C[Te+]C.[Cl][Pt][Cl]. The van der Waals surface area contributed by atoms with Gasteiger partial charge < -0.3 is 0 Å². The molecule has 0 amide bonds. The zero-order valence-corrected chi connectivity index (χ0v) is 14.3. The molecule has 0 aliphatic carbocycles. The summed E-state index contributed by atoms with van der Waals surface area (Å²) in [5.74, 6) is 0. The Morgan fingerprint density at radius 2 is 0.889 bits per heavy atom. The first kappa shape index (κ1) is 17.8. The Bertz CT molecular complexity index is 21.3. The molecule has 0 bridgehead atoms. The summed E-state index contributed by atoms with van der Waals surface area (Å²) in [6, 6.07) is 0. The topological polar surface area (TPSA) is 0 Å². The number of hydrogen-bond acceptors (Lipinski definition) is 0. The molecule has 0 N–H and O–H groups in total. The van der Waals surface area contributed by atoms with Gasteiger partial charge in [-0.3, -0.25) is 0 Å². The summed E-state index contributed by atoms with van der Waals surface area (Å²) in [5.41, 5.74) is 0. The molecule has 0 saturated carbocycles. The first-order valence-corrected chi connectivity index (χ1v) is 16.8. The average molecular weight is 581 g/mol. The Morgan fingerprint density at radius 1 is 0.889 bits per heavy atom. The van der Waals surface area contributed by atoms with Crippen LogP contribution in [-0.4, -0.2) is 41.8 Å². The van der Waals surface area contributed by atoms with Crippen LogP contribution >= 0.6 is 18.8 Å². The van der Waals surface area contributed by atoms with Gasteiger partial charge in [-0.2, -0.15) is 0 Å². The van der Waals surface area contributed by atoms with Crippen molar-refractivity contribution in [3.05, 3.63) is 0 Å². The summed E-state index contributed by atoms with van der Waals surface area (Å²) in [6.07, 6.45) is 0. The summed E-state index contributed by atoms with van der Waals surface area (Å²) in [4.78, 5) is 9.02. The summed E-state index contributed by atoms with van der Waals surface area (Å²) >= 11 is 0.468. The van der Waals surface area contributed by atoms with Crippen molar-refractivity contribution in [1.29, 1.82) is 0 Å². The van der Waals surface area contributed by atoms with Crippen LogP contribution in [0.2, 0.25) is 19.9 Å². The van der Waals surface area contributed by atoms with Gasteiger partial charge in [-0.15, -0.1) is 0 Å². The average Bonchev–Trinajstić information content (AvgIpc) is 1.70. The van der Waals surface area contributed by atoms with Gasteiger partial charge in [-0.25, -0.2) is 0 Å². The molecule has 9 heavy (non-hydrogen) atoms. The molecule has 0 aliphatic heterocycles. The van der Waals surface area contributed by atoms with E-state index in [4.69, 9.17) is 18.8 Å². The van der Waals surface area contributed by atoms with Gasteiger partial charge in [-0.05, 0) is 0 Å². The summed E-state index contributed by atoms with van der Waals surface area (Å²) in [5, 5.41) is 0. The number of rotatable bonds is 0. The van der Waals surface area contributed by atoms with Crippen molar-refractivity contribution in [2.75, 3.05) is 0 Å². The Hall–Kier alpha value is 2.85. The molecule has 5 heteroatoms. The molecule has 2 radical (unpaired) electrons. The molecule has 0 saturated heterocycles. The molecule has 0 fully saturated rings. The monoisotopic (exact) mass is 585 g/mol. The summed E-state index contributed by atoms with van der Waals surface area (Å²) < 4.78 is 0. The molecule has 0 atom stereocenters. The fourth-order valence-electron chi connectivity index (χ4n) is 0. The normalized spacial score (nSPS) is 6.44. The third-order valence-electron chi connectivity index (χ3n) is 0. The van der Waals surface area contributed by atoms with Crippen LogP contribution in [-0.2, 0) is 16.5 Å². The first-order chi connectivity index (χ1) is 4.24. The van der Waals surface area contributed by atoms with E-state index in [0.717, 1.165) is 0 Å². The van der Waals surface area contributed by atoms with Crippen molar-refractivity contribution >= 4 is 60.7 Å². The molecule has 62 valence electrons. The molecule has 0 aromatic heterocycles. The second-order valence-electron chi connectivity index (χ2n) is 0.862. The fraction of sp³-hybridized carbons (Fsp3) is 1.00. The van der Waals surface area contributed by atoms with E-state index in [9.17, 15) is 0 Å². The van der Waals surface area contributed by atoms with Crippen LogP contribution in [0.15, 0.2) is 0 Å². The minimum absolute atomic E-state index is 0.470. The van der Waals surface area contributed by atoms with Crippen LogP contribution < -0.4 is 0 Å². The second kappa shape index (κ2) is 30.8. The van der Waals surface area contributed by atoms with Crippen molar-refractivity contribution in [1.82, 2.24) is 0 Å². The van der Waals surface area contributed by atoms with Gasteiger partial charge in [-0.1, -0.05) is 0 Å². The van der Waals surface area contributed by atoms with Crippen LogP contribution in [0.25, 0.3) is 0 Å². The third-order valence-corrected chi connectivity index (χ3v) is 0. The van der Waals surface area contributed by atoms with E-state index in [1.807, 2.05) is 0 Å². The van der Waals surface area contributed by atoms with Gasteiger partial charge in [0, 0.05) is 0 Å². The van der Waals surface area contributed by atoms with Crippen LogP contribution in [0, 0.1) is 0 Å². The van der Waals surface area contributed by atoms with E-state index in [0.29, 0.717) is 41.8 Å². The molecule has 0 spiro atoms. The third kappa shape index (κ3) is 105. The molecule has 0 aromatic rings. The van der Waals surface area contributed by atoms with E-state index in [1.165, 1.54) is 0 Å². The summed E-state index contributed by atoms with van der Waals surface area (Å²) in [7, 11) is 9.75. The van der Waals surface area contributed by atoms with Gasteiger partial charge in [0.15, 0.2) is 0 Å². The molecule has 0 aliphatic rings. The minimum atomic E-state index is -0.472. The quantitative estimate of drug-likeness (QED) is 0.387. The maximum atomic E-state index is 4.88. The standard InChI is InChI=1S/2C2H6Te.2ClH.Pt/c2*1-3-2;;;/h2*1-2H3;2*1H;/q2*+1;;;+2/p-2. The van der Waals surface area contributed by atoms with Crippen molar-refractivity contribution in [3.8, 4) is 0 Å². The van der Waals surface area contributed by atoms with Crippen LogP contribution in [0.4, 0.5) is 0 Å². The molecule has 0 heterocycles. The fourth-order valence-corrected chi connectivity index (χ4v) is 0. The van der Waals surface area contributed by atoms with Crippen molar-refractivity contribution in [2.24, 2.45) is 0 Å². The Morgan fingerprint density at radius 3 is 0.889 bits per heavy atom. The van der Waals surface area contributed by atoms with Crippen molar-refractivity contribution in [3.63, 3.8) is 0 Å². The van der Waals surface area contributed by atoms with Crippen LogP contribution in [0.1, 0.15) is 0 Å². The number of hydrogen-bond donors (Lipinski definition) is 0. The van der Waals surface area contributed by atoms with Gasteiger partial charge >= 0.3 is 97.0 Å². The molecular weight excluding hydrogens is 569 g/mol. The van der Waals surface area contributed by atoms with Gasteiger partial charge in [0.05, 0.1) is 0 Å². The molecular formula is C4H12Cl2PtTe2+2. The van der Waals surface area contributed by atoms with Crippen molar-refractivity contribution < 1.29 is 16.5 Å². The van der Waals surface area contributed by atoms with Crippen molar-refractivity contribution in [2.45, 2.75) is 19.9 Å². The van der Waals surface area contributed by atoms with E-state index < -0.39 is 16.5 Å². The Kier molecular flexibility index (Phi) is 60.9. The van der Waals surface area contributed by atoms with Crippen LogP contribution in [0.3, 0.4) is 0 Å². The second-order valence-corrected chi connectivity index (χ2v) is 8.81. The zero-order valence-electron chi connectivity index (χ0n) is 5.89. The van der Waals surface area contributed by atoms with E-state index in [-0.39, 0.29) is 0 Å². The van der Waals surface area contributed by atoms with Crippen LogP contribution in [0.5, 0.6) is 0 Å². The molecule has 0 rings (SSSR count). The number of halogens is 2. The summed E-state index contributed by atoms with van der Waals surface area (Å²) in [6.45, 7) is 0. The van der Waals surface area contributed by atoms with E-state index in [2.05, 4.69) is 19.9 Å². The molecule has 0 nitrogen and oxygen atoms in total. The zero-order chi connectivity index (χ0) is 8.12. The predicted molar refractivity (Wildman–Crippen MR) is 46.7 cm³/mol.